The van der Waals surface area contributed by atoms with Gasteiger partial charge in [-0.25, -0.2) is 0 Å². The first-order valence-electron chi connectivity index (χ1n) is 4.38. The summed E-state index contributed by atoms with van der Waals surface area (Å²) in [6.45, 7) is 4.49. The Morgan fingerprint density at radius 3 is 2.40 bits per heavy atom. The number of hydrogen-bond donors (Lipinski definition) is 1. The fourth-order valence-electron chi connectivity index (χ4n) is 1.61. The van der Waals surface area contributed by atoms with Crippen molar-refractivity contribution in [2.75, 3.05) is 0 Å². The van der Waals surface area contributed by atoms with Crippen LogP contribution in [0.5, 0.6) is 0 Å². The van der Waals surface area contributed by atoms with Gasteiger partial charge in [0, 0.05) is 6.04 Å². The van der Waals surface area contributed by atoms with Gasteiger partial charge in [0.2, 0.25) is 0 Å². The molecular weight excluding hydrogens is 122 g/mol. The summed E-state index contributed by atoms with van der Waals surface area (Å²) >= 11 is 0. The predicted octanol–water partition coefficient (Wildman–Crippen LogP) is 2.30. The molecule has 1 atom stereocenters. The van der Waals surface area contributed by atoms with Gasteiger partial charge < -0.3 is 5.73 Å². The summed E-state index contributed by atoms with van der Waals surface area (Å²) in [5.41, 5.74) is 6.35. The van der Waals surface area contributed by atoms with E-state index in [1.165, 1.54) is 32.1 Å². The summed E-state index contributed by atoms with van der Waals surface area (Å²) in [6.07, 6.45) is 6.84. The molecule has 0 spiro atoms. The third kappa shape index (κ3) is 1.98. The molecule has 1 aliphatic rings. The Balaban J connectivity index is 2.12. The lowest BCUT2D eigenvalue weighted by atomic mass is 9.67. The topological polar surface area (TPSA) is 26.0 Å². The van der Waals surface area contributed by atoms with Crippen LogP contribution in [-0.2, 0) is 0 Å². The van der Waals surface area contributed by atoms with Gasteiger partial charge in [-0.05, 0) is 38.0 Å². The molecule has 0 aliphatic heterocycles. The van der Waals surface area contributed by atoms with Crippen LogP contribution >= 0.6 is 0 Å². The van der Waals surface area contributed by atoms with E-state index in [9.17, 15) is 0 Å². The third-order valence-corrected chi connectivity index (χ3v) is 2.76. The molecule has 1 rings (SSSR count). The van der Waals surface area contributed by atoms with Crippen molar-refractivity contribution in [2.45, 2.75) is 52.0 Å². The van der Waals surface area contributed by atoms with E-state index >= 15 is 0 Å². The van der Waals surface area contributed by atoms with E-state index in [4.69, 9.17) is 5.73 Å². The van der Waals surface area contributed by atoms with E-state index in [1.54, 1.807) is 0 Å². The Hall–Kier alpha value is -0.0400. The van der Waals surface area contributed by atoms with E-state index in [0.29, 0.717) is 11.5 Å². The minimum absolute atomic E-state index is 0.400. The molecule has 60 valence electrons. The second-order valence-corrected chi connectivity index (χ2v) is 4.18. The Labute approximate surface area is 64.0 Å². The molecule has 0 aromatic rings. The van der Waals surface area contributed by atoms with Crippen molar-refractivity contribution < 1.29 is 0 Å². The van der Waals surface area contributed by atoms with Gasteiger partial charge in [0.25, 0.3) is 0 Å². The van der Waals surface area contributed by atoms with Crippen molar-refractivity contribution in [2.24, 2.45) is 11.1 Å². The molecule has 0 radical (unpaired) electrons. The lowest BCUT2D eigenvalue weighted by Crippen LogP contribution is -2.28. The second-order valence-electron chi connectivity index (χ2n) is 4.18. The van der Waals surface area contributed by atoms with Crippen LogP contribution in [0.15, 0.2) is 0 Å². The molecule has 0 saturated heterocycles. The average molecular weight is 141 g/mol. The normalized spacial score (nSPS) is 25.5. The Kier molecular flexibility index (Phi) is 2.35. The largest absolute Gasteiger partial charge is 0.328 e. The summed E-state index contributed by atoms with van der Waals surface area (Å²) in [5, 5.41) is 0. The molecule has 0 aromatic heterocycles. The van der Waals surface area contributed by atoms with Gasteiger partial charge in [-0.2, -0.15) is 0 Å². The molecule has 1 saturated carbocycles. The molecule has 0 bridgehead atoms. The third-order valence-electron chi connectivity index (χ3n) is 2.76. The first-order chi connectivity index (χ1) is 4.62. The lowest BCUT2D eigenvalue weighted by molar-refractivity contribution is 0.140. The fourth-order valence-corrected chi connectivity index (χ4v) is 1.61. The molecule has 1 heteroatoms. The summed E-state index contributed by atoms with van der Waals surface area (Å²) in [7, 11) is 0. The molecule has 10 heavy (non-hydrogen) atoms. The van der Waals surface area contributed by atoms with Crippen molar-refractivity contribution in [1.82, 2.24) is 0 Å². The minimum Gasteiger partial charge on any atom is -0.328 e. The highest BCUT2D eigenvalue weighted by molar-refractivity contribution is 4.83. The summed E-state index contributed by atoms with van der Waals surface area (Å²) in [6, 6.07) is 0.400. The van der Waals surface area contributed by atoms with Gasteiger partial charge in [-0.1, -0.05) is 13.3 Å². The zero-order chi connectivity index (χ0) is 7.61. The van der Waals surface area contributed by atoms with Gasteiger partial charge in [-0.3, -0.25) is 0 Å². The van der Waals surface area contributed by atoms with Crippen molar-refractivity contribution in [3.63, 3.8) is 0 Å². The highest BCUT2D eigenvalue weighted by Gasteiger charge is 2.30. The van der Waals surface area contributed by atoms with E-state index in [1.807, 2.05) is 0 Å². The highest BCUT2D eigenvalue weighted by Crippen LogP contribution is 2.44. The van der Waals surface area contributed by atoms with Crippen LogP contribution < -0.4 is 5.73 Å². The quantitative estimate of drug-likeness (QED) is 0.641. The Bertz CT molecular complexity index is 103. The summed E-state index contributed by atoms with van der Waals surface area (Å²) < 4.78 is 0. The average Bonchev–Trinajstić information content (AvgIpc) is 1.79. The van der Waals surface area contributed by atoms with Gasteiger partial charge >= 0.3 is 0 Å². The van der Waals surface area contributed by atoms with Gasteiger partial charge in [0.05, 0.1) is 0 Å². The van der Waals surface area contributed by atoms with Crippen LogP contribution in [0, 0.1) is 5.41 Å². The monoisotopic (exact) mass is 141 g/mol. The minimum atomic E-state index is 0.400. The van der Waals surface area contributed by atoms with E-state index in [0.717, 1.165) is 0 Å². The van der Waals surface area contributed by atoms with Crippen LogP contribution in [0.2, 0.25) is 0 Å². The van der Waals surface area contributed by atoms with Crippen molar-refractivity contribution >= 4 is 0 Å². The Morgan fingerprint density at radius 2 is 2.10 bits per heavy atom. The number of nitrogens with two attached hydrogens (primary N) is 1. The summed E-state index contributed by atoms with van der Waals surface area (Å²) in [5.74, 6) is 0. The molecule has 2 N–H and O–H groups in total. The molecule has 0 aromatic carbocycles. The fraction of sp³-hybridized carbons (Fsp3) is 1.00. The maximum Gasteiger partial charge on any atom is 0.00106 e. The van der Waals surface area contributed by atoms with Gasteiger partial charge in [-0.15, -0.1) is 0 Å². The molecule has 0 heterocycles. The Morgan fingerprint density at radius 1 is 1.50 bits per heavy atom. The zero-order valence-corrected chi connectivity index (χ0v) is 7.19. The van der Waals surface area contributed by atoms with Gasteiger partial charge in [0.15, 0.2) is 0 Å². The first kappa shape index (κ1) is 8.06. The highest BCUT2D eigenvalue weighted by atomic mass is 14.6. The van der Waals surface area contributed by atoms with Crippen LogP contribution in [-0.4, -0.2) is 6.04 Å². The molecule has 1 nitrogen and oxygen atoms in total. The van der Waals surface area contributed by atoms with Crippen LogP contribution in [0.25, 0.3) is 0 Å². The van der Waals surface area contributed by atoms with Crippen molar-refractivity contribution in [1.29, 1.82) is 0 Å². The predicted molar refractivity (Wildman–Crippen MR) is 44.8 cm³/mol. The lowest BCUT2D eigenvalue weighted by Gasteiger charge is -2.38. The van der Waals surface area contributed by atoms with E-state index in [-0.39, 0.29) is 0 Å². The molecular formula is C9H19N. The van der Waals surface area contributed by atoms with Crippen LogP contribution in [0.4, 0.5) is 0 Å². The SMILES string of the molecule is CC(N)CCC1(C)CCC1. The van der Waals surface area contributed by atoms with Gasteiger partial charge in [0.1, 0.15) is 0 Å². The summed E-state index contributed by atoms with van der Waals surface area (Å²) in [4.78, 5) is 0. The second kappa shape index (κ2) is 2.91. The molecule has 0 amide bonds. The van der Waals surface area contributed by atoms with Crippen molar-refractivity contribution in [3.05, 3.63) is 0 Å². The van der Waals surface area contributed by atoms with E-state index in [2.05, 4.69) is 13.8 Å². The number of rotatable bonds is 3. The number of hydrogen-bond acceptors (Lipinski definition) is 1. The van der Waals surface area contributed by atoms with Crippen LogP contribution in [0.3, 0.4) is 0 Å². The molecule has 1 aliphatic carbocycles. The maximum absolute atomic E-state index is 5.68. The van der Waals surface area contributed by atoms with Crippen molar-refractivity contribution in [3.8, 4) is 0 Å². The smallest absolute Gasteiger partial charge is 0.00106 e. The standard InChI is InChI=1S/C9H19N/c1-8(10)4-7-9(2)5-3-6-9/h8H,3-7,10H2,1-2H3. The molecule has 1 unspecified atom stereocenters. The zero-order valence-electron chi connectivity index (χ0n) is 7.19. The first-order valence-corrected chi connectivity index (χ1v) is 4.38. The van der Waals surface area contributed by atoms with Crippen LogP contribution in [0.1, 0.15) is 46.0 Å². The molecule has 1 fully saturated rings. The van der Waals surface area contributed by atoms with E-state index < -0.39 is 0 Å². The maximum atomic E-state index is 5.68.